The van der Waals surface area contributed by atoms with Gasteiger partial charge in [0.05, 0.1) is 12.6 Å². The van der Waals surface area contributed by atoms with Crippen LogP contribution in [0.25, 0.3) is 0 Å². The fourth-order valence-electron chi connectivity index (χ4n) is 1.95. The van der Waals surface area contributed by atoms with Crippen molar-refractivity contribution in [1.82, 2.24) is 15.5 Å². The van der Waals surface area contributed by atoms with E-state index in [-0.39, 0.29) is 29.9 Å². The summed E-state index contributed by atoms with van der Waals surface area (Å²) in [7, 11) is 1.77. The first-order valence-corrected chi connectivity index (χ1v) is 7.52. The molecular weight excluding hydrogens is 278 g/mol. The summed E-state index contributed by atoms with van der Waals surface area (Å²) in [6.07, 6.45) is 0. The molecule has 0 fully saturated rings. The zero-order valence-corrected chi connectivity index (χ0v) is 14.1. The molecule has 0 aliphatic heterocycles. The Bertz CT molecular complexity index is 494. The molecule has 1 rings (SSSR count). The number of carbonyl (C=O) groups excluding carboxylic acids is 2. The normalized spacial score (nSPS) is 12.8. The fraction of sp³-hybridized carbons (Fsp3) is 0.529. The van der Waals surface area contributed by atoms with Gasteiger partial charge in [-0.15, -0.1) is 0 Å². The fourth-order valence-corrected chi connectivity index (χ4v) is 1.95. The predicted octanol–water partition coefficient (Wildman–Crippen LogP) is 1.54. The van der Waals surface area contributed by atoms with Gasteiger partial charge >= 0.3 is 0 Å². The summed E-state index contributed by atoms with van der Waals surface area (Å²) in [6, 6.07) is 9.38. The number of benzene rings is 1. The SMILES string of the molecule is C[C@H](C(=O)NCc1ccccc1)N(C)CC(=O)NC(C)(C)C. The highest BCUT2D eigenvalue weighted by Gasteiger charge is 2.21. The van der Waals surface area contributed by atoms with Gasteiger partial charge in [-0.1, -0.05) is 30.3 Å². The molecule has 0 aromatic heterocycles. The van der Waals surface area contributed by atoms with E-state index in [4.69, 9.17) is 0 Å². The Balaban J connectivity index is 2.43. The van der Waals surface area contributed by atoms with Crippen LogP contribution in [0, 0.1) is 0 Å². The molecule has 5 heteroatoms. The number of rotatable bonds is 6. The lowest BCUT2D eigenvalue weighted by atomic mass is 10.1. The van der Waals surface area contributed by atoms with Crippen LogP contribution >= 0.6 is 0 Å². The molecule has 0 heterocycles. The Labute approximate surface area is 133 Å². The van der Waals surface area contributed by atoms with E-state index < -0.39 is 0 Å². The third-order valence-corrected chi connectivity index (χ3v) is 3.26. The minimum absolute atomic E-state index is 0.0855. The molecule has 0 radical (unpaired) electrons. The molecule has 2 N–H and O–H groups in total. The van der Waals surface area contributed by atoms with Gasteiger partial charge in [0.2, 0.25) is 11.8 Å². The average Bonchev–Trinajstić information content (AvgIpc) is 2.42. The van der Waals surface area contributed by atoms with Crippen molar-refractivity contribution in [2.24, 2.45) is 0 Å². The van der Waals surface area contributed by atoms with Gasteiger partial charge < -0.3 is 10.6 Å². The van der Waals surface area contributed by atoms with Gasteiger partial charge in [-0.05, 0) is 40.3 Å². The molecule has 1 aromatic rings. The Hall–Kier alpha value is -1.88. The predicted molar refractivity (Wildman–Crippen MR) is 88.3 cm³/mol. The number of nitrogens with one attached hydrogen (secondary N) is 2. The van der Waals surface area contributed by atoms with E-state index >= 15 is 0 Å². The minimum atomic E-state index is -0.366. The van der Waals surface area contributed by atoms with E-state index in [1.165, 1.54) is 0 Å². The topological polar surface area (TPSA) is 61.4 Å². The second-order valence-corrected chi connectivity index (χ2v) is 6.59. The average molecular weight is 305 g/mol. The van der Waals surface area contributed by atoms with Crippen LogP contribution in [0.5, 0.6) is 0 Å². The molecular formula is C17H27N3O2. The molecule has 2 amide bonds. The summed E-state index contributed by atoms with van der Waals surface area (Å²) in [5.74, 6) is -0.173. The van der Waals surface area contributed by atoms with Crippen molar-refractivity contribution in [2.75, 3.05) is 13.6 Å². The van der Waals surface area contributed by atoms with Crippen LogP contribution in [0.15, 0.2) is 30.3 Å². The van der Waals surface area contributed by atoms with Gasteiger partial charge in [-0.2, -0.15) is 0 Å². The standard InChI is InChI=1S/C17H27N3O2/c1-13(20(5)12-15(21)19-17(2,3)4)16(22)18-11-14-9-7-6-8-10-14/h6-10,13H,11-12H2,1-5H3,(H,18,22)(H,19,21)/t13-/m1/s1. The first-order chi connectivity index (χ1) is 10.2. The first-order valence-electron chi connectivity index (χ1n) is 7.52. The summed E-state index contributed by atoms with van der Waals surface area (Å²) in [5, 5.41) is 5.78. The molecule has 22 heavy (non-hydrogen) atoms. The van der Waals surface area contributed by atoms with Crippen molar-refractivity contribution in [1.29, 1.82) is 0 Å². The van der Waals surface area contributed by atoms with Crippen LogP contribution in [0.3, 0.4) is 0 Å². The van der Waals surface area contributed by atoms with Gasteiger partial charge in [0.25, 0.3) is 0 Å². The van der Waals surface area contributed by atoms with Gasteiger partial charge in [-0.3, -0.25) is 14.5 Å². The molecule has 0 saturated carbocycles. The number of carbonyl (C=O) groups is 2. The third-order valence-electron chi connectivity index (χ3n) is 3.26. The third kappa shape index (κ3) is 6.72. The summed E-state index contributed by atoms with van der Waals surface area (Å²) >= 11 is 0. The monoisotopic (exact) mass is 305 g/mol. The van der Waals surface area contributed by atoms with Crippen molar-refractivity contribution in [2.45, 2.75) is 45.8 Å². The minimum Gasteiger partial charge on any atom is -0.351 e. The molecule has 1 aromatic carbocycles. The van der Waals surface area contributed by atoms with Gasteiger partial charge in [-0.25, -0.2) is 0 Å². The Kier molecular flexibility index (Phi) is 6.56. The molecule has 0 spiro atoms. The molecule has 122 valence electrons. The summed E-state index contributed by atoms with van der Waals surface area (Å²) < 4.78 is 0. The number of hydrogen-bond donors (Lipinski definition) is 2. The van der Waals surface area contributed by atoms with Crippen molar-refractivity contribution in [3.05, 3.63) is 35.9 Å². The second kappa shape index (κ2) is 7.94. The lowest BCUT2D eigenvalue weighted by Gasteiger charge is -2.26. The Morgan fingerprint density at radius 1 is 1.18 bits per heavy atom. The van der Waals surface area contributed by atoms with Crippen LogP contribution in [-0.2, 0) is 16.1 Å². The summed E-state index contributed by atoms with van der Waals surface area (Å²) in [6.45, 7) is 8.27. The van der Waals surface area contributed by atoms with E-state index in [1.54, 1.807) is 18.9 Å². The van der Waals surface area contributed by atoms with Crippen molar-refractivity contribution < 1.29 is 9.59 Å². The molecule has 1 atom stereocenters. The number of amides is 2. The quantitative estimate of drug-likeness (QED) is 0.838. The van der Waals surface area contributed by atoms with Gasteiger partial charge in [0.1, 0.15) is 0 Å². The van der Waals surface area contributed by atoms with E-state index in [2.05, 4.69) is 10.6 Å². The maximum Gasteiger partial charge on any atom is 0.237 e. The lowest BCUT2D eigenvalue weighted by Crippen LogP contribution is -2.50. The van der Waals surface area contributed by atoms with Crippen molar-refractivity contribution in [3.63, 3.8) is 0 Å². The van der Waals surface area contributed by atoms with E-state index in [0.29, 0.717) is 6.54 Å². The largest absolute Gasteiger partial charge is 0.351 e. The molecule has 5 nitrogen and oxygen atoms in total. The molecule has 0 aliphatic carbocycles. The van der Waals surface area contributed by atoms with Crippen LogP contribution in [-0.4, -0.2) is 41.9 Å². The highest BCUT2D eigenvalue weighted by molar-refractivity contribution is 5.83. The zero-order chi connectivity index (χ0) is 16.8. The van der Waals surface area contributed by atoms with Gasteiger partial charge in [0.15, 0.2) is 0 Å². The van der Waals surface area contributed by atoms with E-state index in [0.717, 1.165) is 5.56 Å². The highest BCUT2D eigenvalue weighted by Crippen LogP contribution is 2.02. The molecule has 0 bridgehead atoms. The molecule has 0 saturated heterocycles. The van der Waals surface area contributed by atoms with Crippen LogP contribution in [0.4, 0.5) is 0 Å². The van der Waals surface area contributed by atoms with Crippen LogP contribution in [0.2, 0.25) is 0 Å². The number of hydrogen-bond acceptors (Lipinski definition) is 3. The Morgan fingerprint density at radius 2 is 1.77 bits per heavy atom. The zero-order valence-electron chi connectivity index (χ0n) is 14.1. The number of likely N-dealkylation sites (N-methyl/N-ethyl adjacent to an activating group) is 1. The molecule has 0 unspecified atom stereocenters. The van der Waals surface area contributed by atoms with Gasteiger partial charge in [0, 0.05) is 12.1 Å². The lowest BCUT2D eigenvalue weighted by molar-refractivity contribution is -0.128. The molecule has 0 aliphatic rings. The van der Waals surface area contributed by atoms with Crippen LogP contribution in [0.1, 0.15) is 33.3 Å². The van der Waals surface area contributed by atoms with E-state index in [1.807, 2.05) is 51.1 Å². The number of nitrogens with zero attached hydrogens (tertiary/aromatic N) is 1. The smallest absolute Gasteiger partial charge is 0.237 e. The summed E-state index contributed by atoms with van der Waals surface area (Å²) in [4.78, 5) is 25.8. The summed E-state index contributed by atoms with van der Waals surface area (Å²) in [5.41, 5.74) is 0.785. The second-order valence-electron chi connectivity index (χ2n) is 6.59. The van der Waals surface area contributed by atoms with Crippen molar-refractivity contribution in [3.8, 4) is 0 Å². The van der Waals surface area contributed by atoms with E-state index in [9.17, 15) is 9.59 Å². The maximum atomic E-state index is 12.1. The Morgan fingerprint density at radius 3 is 2.32 bits per heavy atom. The van der Waals surface area contributed by atoms with Crippen LogP contribution < -0.4 is 10.6 Å². The first kappa shape index (κ1) is 18.2. The maximum absolute atomic E-state index is 12.1. The van der Waals surface area contributed by atoms with Crippen molar-refractivity contribution >= 4 is 11.8 Å². The highest BCUT2D eigenvalue weighted by atomic mass is 16.2.